The summed E-state index contributed by atoms with van der Waals surface area (Å²) in [6.07, 6.45) is -2.71. The first-order valence-electron chi connectivity index (χ1n) is 9.17. The molecule has 3 N–H and O–H groups in total. The largest absolute Gasteiger partial charge is 0.453 e. The van der Waals surface area contributed by atoms with E-state index in [1.165, 1.54) is 0 Å². The van der Waals surface area contributed by atoms with E-state index >= 15 is 0 Å². The van der Waals surface area contributed by atoms with E-state index in [0.29, 0.717) is 18.4 Å². The average molecular weight is 364 g/mol. The second kappa shape index (κ2) is 6.90. The van der Waals surface area contributed by atoms with Gasteiger partial charge in [0, 0.05) is 12.8 Å². The number of fused-ring (bicyclic) bond motifs is 1. The third kappa shape index (κ3) is 3.04. The Bertz CT molecular complexity index is 643. The Hall–Kier alpha value is -1.51. The maximum absolute atomic E-state index is 12.4. The van der Waals surface area contributed by atoms with E-state index in [4.69, 9.17) is 14.2 Å². The van der Waals surface area contributed by atoms with Crippen molar-refractivity contribution in [2.45, 2.75) is 74.5 Å². The first-order chi connectivity index (χ1) is 12.5. The fraction of sp³-hybridized carbons (Fsp3) is 0.632. The molecule has 1 heterocycles. The van der Waals surface area contributed by atoms with Crippen LogP contribution in [-0.2, 0) is 14.2 Å². The number of rotatable bonds is 2. The van der Waals surface area contributed by atoms with Gasteiger partial charge in [-0.3, -0.25) is 0 Å². The van der Waals surface area contributed by atoms with Crippen molar-refractivity contribution >= 4 is 5.97 Å². The molecule has 1 saturated heterocycles. The van der Waals surface area contributed by atoms with Gasteiger partial charge in [-0.15, -0.1) is 0 Å². The smallest absolute Gasteiger partial charge is 0.338 e. The highest BCUT2D eigenvalue weighted by molar-refractivity contribution is 5.89. The SMILES string of the molecule is O=C(O[C@H]1[C@H](O)[C@@H](O)[C@H](O)[C@@H]2OC3(CCCCC3)O[C@H]12)c1ccccc1. The first-order valence-corrected chi connectivity index (χ1v) is 9.17. The number of carbonyl (C=O) groups is 1. The third-order valence-electron chi connectivity index (χ3n) is 5.59. The van der Waals surface area contributed by atoms with Crippen molar-refractivity contribution in [2.24, 2.45) is 0 Å². The number of aliphatic hydroxyl groups excluding tert-OH is 3. The summed E-state index contributed by atoms with van der Waals surface area (Å²) in [5.74, 6) is -1.46. The predicted molar refractivity (Wildman–Crippen MR) is 89.2 cm³/mol. The van der Waals surface area contributed by atoms with Crippen molar-refractivity contribution in [3.05, 3.63) is 35.9 Å². The summed E-state index contributed by atoms with van der Waals surface area (Å²) in [4.78, 5) is 12.4. The maximum Gasteiger partial charge on any atom is 0.338 e. The summed E-state index contributed by atoms with van der Waals surface area (Å²) in [5, 5.41) is 31.0. The number of esters is 1. The molecule has 1 aliphatic heterocycles. The number of ether oxygens (including phenoxy) is 3. The molecule has 0 aromatic heterocycles. The van der Waals surface area contributed by atoms with Gasteiger partial charge in [0.05, 0.1) is 5.56 Å². The number of benzene rings is 1. The van der Waals surface area contributed by atoms with Crippen LogP contribution in [0.1, 0.15) is 42.5 Å². The number of carbonyl (C=O) groups excluding carboxylic acids is 1. The van der Waals surface area contributed by atoms with Gasteiger partial charge in [-0.2, -0.15) is 0 Å². The minimum atomic E-state index is -1.48. The summed E-state index contributed by atoms with van der Waals surface area (Å²) >= 11 is 0. The molecule has 1 spiro atoms. The Kier molecular flexibility index (Phi) is 4.75. The molecule has 0 unspecified atom stereocenters. The van der Waals surface area contributed by atoms with Crippen molar-refractivity contribution in [3.8, 4) is 0 Å². The topological polar surface area (TPSA) is 105 Å². The predicted octanol–water partition coefficient (Wildman–Crippen LogP) is 0.753. The molecule has 0 amide bonds. The van der Waals surface area contributed by atoms with Gasteiger partial charge in [0.2, 0.25) is 0 Å². The van der Waals surface area contributed by atoms with E-state index in [9.17, 15) is 20.1 Å². The highest BCUT2D eigenvalue weighted by atomic mass is 16.8. The Labute approximate surface area is 151 Å². The lowest BCUT2D eigenvalue weighted by molar-refractivity contribution is -0.203. The van der Waals surface area contributed by atoms with Gasteiger partial charge >= 0.3 is 5.97 Å². The molecule has 2 saturated carbocycles. The van der Waals surface area contributed by atoms with Crippen LogP contribution in [0.15, 0.2) is 30.3 Å². The Balaban J connectivity index is 1.57. The van der Waals surface area contributed by atoms with Crippen LogP contribution in [0, 0.1) is 0 Å². The molecule has 7 heteroatoms. The Morgan fingerprint density at radius 2 is 1.58 bits per heavy atom. The zero-order valence-corrected chi connectivity index (χ0v) is 14.4. The van der Waals surface area contributed by atoms with E-state index in [2.05, 4.69) is 0 Å². The van der Waals surface area contributed by atoms with Crippen LogP contribution in [0.2, 0.25) is 0 Å². The van der Waals surface area contributed by atoms with Crippen LogP contribution < -0.4 is 0 Å². The minimum absolute atomic E-state index is 0.336. The van der Waals surface area contributed by atoms with Crippen LogP contribution >= 0.6 is 0 Å². The van der Waals surface area contributed by atoms with Gasteiger partial charge in [0.1, 0.15) is 30.5 Å². The molecule has 1 aromatic rings. The summed E-state index contributed by atoms with van der Waals surface area (Å²) < 4.78 is 17.6. The number of hydrogen-bond acceptors (Lipinski definition) is 7. The van der Waals surface area contributed by atoms with Gasteiger partial charge < -0.3 is 29.5 Å². The van der Waals surface area contributed by atoms with Crippen LogP contribution in [0.25, 0.3) is 0 Å². The molecule has 2 aliphatic carbocycles. The molecule has 0 bridgehead atoms. The first kappa shape index (κ1) is 17.9. The van der Waals surface area contributed by atoms with Crippen molar-refractivity contribution in [1.82, 2.24) is 0 Å². The molecule has 3 aliphatic rings. The quantitative estimate of drug-likeness (QED) is 0.665. The third-order valence-corrected chi connectivity index (χ3v) is 5.59. The van der Waals surface area contributed by atoms with Crippen LogP contribution in [-0.4, -0.2) is 63.7 Å². The molecule has 6 atom stereocenters. The van der Waals surface area contributed by atoms with Crippen LogP contribution in [0.4, 0.5) is 0 Å². The normalized spacial score (nSPS) is 38.7. The second-order valence-corrected chi connectivity index (χ2v) is 7.34. The molecular formula is C19H24O7. The van der Waals surface area contributed by atoms with Gasteiger partial charge in [-0.25, -0.2) is 4.79 Å². The molecule has 3 fully saturated rings. The highest BCUT2D eigenvalue weighted by Crippen LogP contribution is 2.45. The molecule has 7 nitrogen and oxygen atoms in total. The van der Waals surface area contributed by atoms with Crippen LogP contribution in [0.5, 0.6) is 0 Å². The van der Waals surface area contributed by atoms with Gasteiger partial charge in [-0.05, 0) is 25.0 Å². The zero-order chi connectivity index (χ0) is 18.3. The molecule has 0 radical (unpaired) electrons. The van der Waals surface area contributed by atoms with E-state index in [0.717, 1.165) is 19.3 Å². The van der Waals surface area contributed by atoms with Crippen molar-refractivity contribution < 1.29 is 34.3 Å². The Morgan fingerprint density at radius 3 is 2.27 bits per heavy atom. The molecule has 142 valence electrons. The lowest BCUT2D eigenvalue weighted by Gasteiger charge is -2.40. The van der Waals surface area contributed by atoms with Crippen molar-refractivity contribution in [3.63, 3.8) is 0 Å². The number of aliphatic hydroxyl groups is 3. The summed E-state index contributed by atoms with van der Waals surface area (Å²) in [5.41, 5.74) is 0.336. The van der Waals surface area contributed by atoms with Gasteiger partial charge in [0.15, 0.2) is 11.9 Å². The summed E-state index contributed by atoms with van der Waals surface area (Å²) in [6.45, 7) is 0. The van der Waals surface area contributed by atoms with Crippen molar-refractivity contribution in [2.75, 3.05) is 0 Å². The minimum Gasteiger partial charge on any atom is -0.453 e. The lowest BCUT2D eigenvalue weighted by atomic mass is 9.85. The monoisotopic (exact) mass is 364 g/mol. The van der Waals surface area contributed by atoms with Crippen LogP contribution in [0.3, 0.4) is 0 Å². The fourth-order valence-electron chi connectivity index (χ4n) is 4.19. The second-order valence-electron chi connectivity index (χ2n) is 7.34. The highest BCUT2D eigenvalue weighted by Gasteiger charge is 2.61. The van der Waals surface area contributed by atoms with Gasteiger partial charge in [-0.1, -0.05) is 24.6 Å². The van der Waals surface area contributed by atoms with E-state index < -0.39 is 48.4 Å². The molecular weight excluding hydrogens is 340 g/mol. The molecule has 26 heavy (non-hydrogen) atoms. The Morgan fingerprint density at radius 1 is 0.923 bits per heavy atom. The lowest BCUT2D eigenvalue weighted by Crippen LogP contribution is -2.63. The van der Waals surface area contributed by atoms with Gasteiger partial charge in [0.25, 0.3) is 0 Å². The average Bonchev–Trinajstić information content (AvgIpc) is 3.03. The number of hydrogen-bond donors (Lipinski definition) is 3. The fourth-order valence-corrected chi connectivity index (χ4v) is 4.19. The van der Waals surface area contributed by atoms with E-state index in [1.807, 2.05) is 0 Å². The molecule has 1 aromatic carbocycles. The molecule has 4 rings (SSSR count). The van der Waals surface area contributed by atoms with Crippen molar-refractivity contribution in [1.29, 1.82) is 0 Å². The zero-order valence-electron chi connectivity index (χ0n) is 14.4. The van der Waals surface area contributed by atoms with E-state index in [-0.39, 0.29) is 0 Å². The standard InChI is InChI=1S/C19H24O7/c20-12-13(21)15(24-18(23)11-7-3-1-4-8-11)17-16(14(12)22)25-19(26-17)9-5-2-6-10-19/h1,3-4,7-8,12-17,20-22H,2,5-6,9-10H2/t12-,13-,14+,15+,16+,17-/m1/s1. The summed E-state index contributed by atoms with van der Waals surface area (Å²) in [6, 6.07) is 8.41. The summed E-state index contributed by atoms with van der Waals surface area (Å²) in [7, 11) is 0. The van der Waals surface area contributed by atoms with E-state index in [1.54, 1.807) is 30.3 Å². The maximum atomic E-state index is 12.4.